The van der Waals surface area contributed by atoms with Crippen molar-refractivity contribution >= 4 is 6.09 Å². The van der Waals surface area contributed by atoms with Gasteiger partial charge in [-0.25, -0.2) is 4.79 Å². The van der Waals surface area contributed by atoms with Crippen molar-refractivity contribution in [1.82, 2.24) is 4.90 Å². The second kappa shape index (κ2) is 5.33. The molecule has 0 aliphatic carbocycles. The lowest BCUT2D eigenvalue weighted by Gasteiger charge is -2.32. The molecule has 0 spiro atoms. The van der Waals surface area contributed by atoms with Crippen molar-refractivity contribution in [2.75, 3.05) is 13.1 Å². The van der Waals surface area contributed by atoms with Crippen LogP contribution in [0.15, 0.2) is 0 Å². The Morgan fingerprint density at radius 2 is 1.73 bits per heavy atom. The fraction of sp³-hybridized carbons (Fsp3) is 0.909. The summed E-state index contributed by atoms with van der Waals surface area (Å²) in [5, 5.41) is 0. The minimum absolute atomic E-state index is 0. The van der Waals surface area contributed by atoms with Crippen molar-refractivity contribution in [1.29, 1.82) is 0 Å². The van der Waals surface area contributed by atoms with Gasteiger partial charge in [-0.05, 0) is 39.5 Å². The third kappa shape index (κ3) is 5.00. The predicted octanol–water partition coefficient (Wildman–Crippen LogP) is 2.81. The number of likely N-dealkylation sites (tertiary alicyclic amines) is 1. The van der Waals surface area contributed by atoms with Crippen molar-refractivity contribution in [3.05, 3.63) is 0 Å². The molecule has 0 unspecified atom stereocenters. The maximum atomic E-state index is 11.6. The Balaban J connectivity index is 0.00000196. The summed E-state index contributed by atoms with van der Waals surface area (Å²) in [6, 6.07) is 0. The maximum Gasteiger partial charge on any atom is 0.410 e. The Hall–Kier alpha value is -0.800. The van der Waals surface area contributed by atoms with E-state index in [1.54, 1.807) is 0 Å². The van der Waals surface area contributed by atoms with Gasteiger partial charge in [0, 0.05) is 13.1 Å². The zero-order valence-electron chi connectivity index (χ0n) is 10.1. The van der Waals surface area contributed by atoms with E-state index in [4.69, 9.17) is 4.74 Å². The first-order valence-electron chi connectivity index (χ1n) is 5.36. The van der Waals surface area contributed by atoms with Gasteiger partial charge in [0.15, 0.2) is 0 Å². The number of amides is 1. The molecular formula is C11H22FNO2. The molecule has 1 aliphatic heterocycles. The van der Waals surface area contributed by atoms with Crippen molar-refractivity contribution in [2.24, 2.45) is 5.92 Å². The van der Waals surface area contributed by atoms with Crippen LogP contribution in [0.25, 0.3) is 0 Å². The molecule has 0 aromatic heterocycles. The lowest BCUT2D eigenvalue weighted by Crippen LogP contribution is -2.41. The summed E-state index contributed by atoms with van der Waals surface area (Å²) in [6.45, 7) is 9.62. The van der Waals surface area contributed by atoms with Crippen LogP contribution in [-0.2, 0) is 4.74 Å². The van der Waals surface area contributed by atoms with Crippen molar-refractivity contribution in [3.8, 4) is 0 Å². The second-order valence-corrected chi connectivity index (χ2v) is 5.15. The molecule has 0 radical (unpaired) electrons. The molecule has 1 saturated heterocycles. The van der Waals surface area contributed by atoms with Gasteiger partial charge in [0.05, 0.1) is 0 Å². The van der Waals surface area contributed by atoms with Crippen LogP contribution in [0.2, 0.25) is 0 Å². The van der Waals surface area contributed by atoms with E-state index in [9.17, 15) is 4.79 Å². The number of halogens is 1. The smallest absolute Gasteiger partial charge is 0.410 e. The van der Waals surface area contributed by atoms with E-state index in [1.165, 1.54) is 0 Å². The fourth-order valence-corrected chi connectivity index (χ4v) is 1.52. The van der Waals surface area contributed by atoms with Gasteiger partial charge in [-0.3, -0.25) is 4.70 Å². The molecule has 1 fully saturated rings. The molecule has 1 amide bonds. The predicted molar refractivity (Wildman–Crippen MR) is 58.7 cm³/mol. The minimum Gasteiger partial charge on any atom is -0.444 e. The molecule has 1 heterocycles. The summed E-state index contributed by atoms with van der Waals surface area (Å²) in [6.07, 6.45) is 2.03. The normalized spacial score (nSPS) is 18.3. The Morgan fingerprint density at radius 1 is 1.27 bits per heavy atom. The largest absolute Gasteiger partial charge is 0.444 e. The van der Waals surface area contributed by atoms with Crippen LogP contribution < -0.4 is 0 Å². The topological polar surface area (TPSA) is 29.5 Å². The molecule has 0 bridgehead atoms. The van der Waals surface area contributed by atoms with E-state index < -0.39 is 0 Å². The van der Waals surface area contributed by atoms with E-state index in [1.807, 2.05) is 25.7 Å². The third-order valence-electron chi connectivity index (χ3n) is 2.44. The van der Waals surface area contributed by atoms with E-state index in [0.29, 0.717) is 0 Å². The van der Waals surface area contributed by atoms with E-state index >= 15 is 0 Å². The van der Waals surface area contributed by atoms with Gasteiger partial charge >= 0.3 is 6.09 Å². The number of hydrogen-bond acceptors (Lipinski definition) is 2. The number of carbonyl (C=O) groups is 1. The SMILES string of the molecule is CC1CCN(C(=O)OC(C)(C)C)CC1.F. The highest BCUT2D eigenvalue weighted by Gasteiger charge is 2.24. The van der Waals surface area contributed by atoms with Gasteiger partial charge < -0.3 is 9.64 Å². The summed E-state index contributed by atoms with van der Waals surface area (Å²) in [5.74, 6) is 0.744. The number of carbonyl (C=O) groups excluding carboxylic acids is 1. The molecule has 1 aliphatic rings. The Kier molecular flexibility index (Phi) is 5.05. The van der Waals surface area contributed by atoms with E-state index in [-0.39, 0.29) is 16.4 Å². The van der Waals surface area contributed by atoms with Crippen LogP contribution in [0.4, 0.5) is 9.50 Å². The molecule has 0 saturated carbocycles. The first-order valence-corrected chi connectivity index (χ1v) is 5.36. The Labute approximate surface area is 91.1 Å². The molecule has 15 heavy (non-hydrogen) atoms. The first kappa shape index (κ1) is 14.2. The van der Waals surface area contributed by atoms with Gasteiger partial charge in [0.2, 0.25) is 0 Å². The summed E-state index contributed by atoms with van der Waals surface area (Å²) in [4.78, 5) is 13.4. The van der Waals surface area contributed by atoms with Crippen molar-refractivity contribution in [3.63, 3.8) is 0 Å². The van der Waals surface area contributed by atoms with Gasteiger partial charge in [-0.1, -0.05) is 6.92 Å². The number of hydrogen-bond donors (Lipinski definition) is 0. The number of piperidine rings is 1. The molecule has 0 aromatic carbocycles. The van der Waals surface area contributed by atoms with E-state index in [2.05, 4.69) is 6.92 Å². The zero-order chi connectivity index (χ0) is 10.8. The van der Waals surface area contributed by atoms with Gasteiger partial charge in [0.25, 0.3) is 0 Å². The highest BCUT2D eigenvalue weighted by atomic mass is 19.0. The number of rotatable bonds is 0. The van der Waals surface area contributed by atoms with Crippen LogP contribution >= 0.6 is 0 Å². The monoisotopic (exact) mass is 219 g/mol. The minimum atomic E-state index is -0.375. The molecular weight excluding hydrogens is 197 g/mol. The van der Waals surface area contributed by atoms with Crippen LogP contribution in [-0.4, -0.2) is 29.7 Å². The standard InChI is InChI=1S/C11H21NO2.FH/c1-9-5-7-12(8-6-9)10(13)14-11(2,3)4;/h9H,5-8H2,1-4H3;1H. The van der Waals surface area contributed by atoms with Gasteiger partial charge in [0.1, 0.15) is 5.60 Å². The summed E-state index contributed by atoms with van der Waals surface area (Å²) < 4.78 is 5.30. The highest BCUT2D eigenvalue weighted by Crippen LogP contribution is 2.18. The average molecular weight is 219 g/mol. The molecule has 90 valence electrons. The zero-order valence-corrected chi connectivity index (χ0v) is 10.1. The Bertz CT molecular complexity index is 205. The van der Waals surface area contributed by atoms with Gasteiger partial charge in [-0.15, -0.1) is 0 Å². The second-order valence-electron chi connectivity index (χ2n) is 5.15. The molecule has 1 rings (SSSR count). The van der Waals surface area contributed by atoms with Crippen molar-refractivity contribution < 1.29 is 14.2 Å². The maximum absolute atomic E-state index is 11.6. The number of ether oxygens (including phenoxy) is 1. The summed E-state index contributed by atoms with van der Waals surface area (Å²) in [7, 11) is 0. The quantitative estimate of drug-likeness (QED) is 0.627. The van der Waals surface area contributed by atoms with Crippen LogP contribution in [0.5, 0.6) is 0 Å². The van der Waals surface area contributed by atoms with Gasteiger partial charge in [-0.2, -0.15) is 0 Å². The van der Waals surface area contributed by atoms with E-state index in [0.717, 1.165) is 31.8 Å². The summed E-state index contributed by atoms with van der Waals surface area (Å²) >= 11 is 0. The molecule has 3 nitrogen and oxygen atoms in total. The first-order chi connectivity index (χ1) is 6.38. The molecule has 4 heteroatoms. The van der Waals surface area contributed by atoms with Crippen LogP contribution in [0.3, 0.4) is 0 Å². The van der Waals surface area contributed by atoms with Crippen LogP contribution in [0, 0.1) is 5.92 Å². The fourth-order valence-electron chi connectivity index (χ4n) is 1.52. The lowest BCUT2D eigenvalue weighted by molar-refractivity contribution is 0.0190. The molecule has 0 atom stereocenters. The molecule has 0 N–H and O–H groups in total. The third-order valence-corrected chi connectivity index (χ3v) is 2.44. The van der Waals surface area contributed by atoms with Crippen molar-refractivity contribution in [2.45, 2.75) is 46.1 Å². The Morgan fingerprint density at radius 3 is 2.13 bits per heavy atom. The number of nitrogens with zero attached hydrogens (tertiary/aromatic N) is 1. The average Bonchev–Trinajstić information content (AvgIpc) is 2.02. The molecule has 0 aromatic rings. The van der Waals surface area contributed by atoms with Crippen LogP contribution in [0.1, 0.15) is 40.5 Å². The highest BCUT2D eigenvalue weighted by molar-refractivity contribution is 5.68. The lowest BCUT2D eigenvalue weighted by atomic mass is 10.00. The summed E-state index contributed by atoms with van der Waals surface area (Å²) in [5.41, 5.74) is -0.375.